The van der Waals surface area contributed by atoms with Crippen LogP contribution in [0.15, 0.2) is 36.7 Å². The minimum atomic E-state index is -0.303. The monoisotopic (exact) mass is 330 g/mol. The summed E-state index contributed by atoms with van der Waals surface area (Å²) >= 11 is 0. The number of aryl methyl sites for hydroxylation is 1. The third kappa shape index (κ3) is 4.41. The highest BCUT2D eigenvalue weighted by atomic mass is 19.1. The van der Waals surface area contributed by atoms with Crippen molar-refractivity contribution in [2.24, 2.45) is 5.92 Å². The Labute approximate surface area is 141 Å². The molecule has 3 rings (SSSR count). The van der Waals surface area contributed by atoms with Crippen molar-refractivity contribution in [3.63, 3.8) is 0 Å². The summed E-state index contributed by atoms with van der Waals surface area (Å²) in [4.78, 5) is 18.5. The molecule has 0 aliphatic carbocycles. The fourth-order valence-corrected chi connectivity index (χ4v) is 3.14. The van der Waals surface area contributed by atoms with Crippen LogP contribution in [0, 0.1) is 18.7 Å². The van der Waals surface area contributed by atoms with Crippen molar-refractivity contribution >= 4 is 11.6 Å². The van der Waals surface area contributed by atoms with Crippen molar-refractivity contribution in [1.82, 2.24) is 14.5 Å². The molecule has 24 heavy (non-hydrogen) atoms. The maximum Gasteiger partial charge on any atom is 0.238 e. The smallest absolute Gasteiger partial charge is 0.238 e. The second-order valence-corrected chi connectivity index (χ2v) is 6.40. The Morgan fingerprint density at radius 3 is 2.62 bits per heavy atom. The van der Waals surface area contributed by atoms with Gasteiger partial charge in [0.25, 0.3) is 0 Å². The van der Waals surface area contributed by atoms with E-state index in [2.05, 4.69) is 19.8 Å². The maximum atomic E-state index is 12.9. The number of piperidine rings is 1. The number of rotatable bonds is 5. The molecule has 1 aromatic heterocycles. The van der Waals surface area contributed by atoms with Crippen molar-refractivity contribution in [2.45, 2.75) is 26.3 Å². The Kier molecular flexibility index (Phi) is 5.25. The number of aromatic nitrogens is 2. The average molecular weight is 330 g/mol. The Hall–Kier alpha value is -2.21. The Morgan fingerprint density at radius 2 is 2.00 bits per heavy atom. The SMILES string of the molecule is Cc1nccn1CC1CCN(CC(=O)Nc2ccc(F)cc2)CC1. The predicted molar refractivity (Wildman–Crippen MR) is 91.2 cm³/mol. The molecular weight excluding hydrogens is 307 g/mol. The van der Waals surface area contributed by atoms with Gasteiger partial charge in [-0.25, -0.2) is 9.37 Å². The summed E-state index contributed by atoms with van der Waals surface area (Å²) in [5.41, 5.74) is 0.631. The van der Waals surface area contributed by atoms with Gasteiger partial charge in [-0.2, -0.15) is 0 Å². The first-order chi connectivity index (χ1) is 11.6. The number of hydrogen-bond acceptors (Lipinski definition) is 3. The van der Waals surface area contributed by atoms with E-state index in [1.165, 1.54) is 12.1 Å². The second kappa shape index (κ2) is 7.57. The molecule has 1 fully saturated rings. The number of halogens is 1. The van der Waals surface area contributed by atoms with E-state index in [0.29, 0.717) is 18.2 Å². The van der Waals surface area contributed by atoms with E-state index in [0.717, 1.165) is 38.3 Å². The number of anilines is 1. The summed E-state index contributed by atoms with van der Waals surface area (Å²) < 4.78 is 15.1. The van der Waals surface area contributed by atoms with Gasteiger partial charge in [0, 0.05) is 24.6 Å². The molecule has 1 amide bonds. The number of hydrogen-bond donors (Lipinski definition) is 1. The molecule has 0 radical (unpaired) electrons. The van der Waals surface area contributed by atoms with Gasteiger partial charge < -0.3 is 9.88 Å². The van der Waals surface area contributed by atoms with Gasteiger partial charge in [0.2, 0.25) is 5.91 Å². The van der Waals surface area contributed by atoms with Crippen LogP contribution in [0.25, 0.3) is 0 Å². The van der Waals surface area contributed by atoms with Gasteiger partial charge in [0.05, 0.1) is 6.54 Å². The quantitative estimate of drug-likeness (QED) is 0.917. The molecule has 0 saturated carbocycles. The Morgan fingerprint density at radius 1 is 1.29 bits per heavy atom. The average Bonchev–Trinajstić information content (AvgIpc) is 2.96. The summed E-state index contributed by atoms with van der Waals surface area (Å²) in [6, 6.07) is 5.85. The number of nitrogens with zero attached hydrogens (tertiary/aromatic N) is 3. The summed E-state index contributed by atoms with van der Waals surface area (Å²) in [6.07, 6.45) is 6.03. The molecule has 0 bridgehead atoms. The second-order valence-electron chi connectivity index (χ2n) is 6.40. The highest BCUT2D eigenvalue weighted by molar-refractivity contribution is 5.92. The molecule has 0 atom stereocenters. The van der Waals surface area contributed by atoms with E-state index in [9.17, 15) is 9.18 Å². The van der Waals surface area contributed by atoms with E-state index >= 15 is 0 Å². The lowest BCUT2D eigenvalue weighted by molar-refractivity contribution is -0.117. The number of amides is 1. The van der Waals surface area contributed by atoms with Crippen molar-refractivity contribution in [3.8, 4) is 0 Å². The zero-order valence-corrected chi connectivity index (χ0v) is 13.9. The molecule has 2 aromatic rings. The van der Waals surface area contributed by atoms with Crippen molar-refractivity contribution in [3.05, 3.63) is 48.3 Å². The van der Waals surface area contributed by atoms with E-state index in [1.54, 1.807) is 12.1 Å². The number of benzene rings is 1. The van der Waals surface area contributed by atoms with Crippen molar-refractivity contribution in [1.29, 1.82) is 0 Å². The first-order valence-electron chi connectivity index (χ1n) is 8.35. The third-order valence-electron chi connectivity index (χ3n) is 4.58. The van der Waals surface area contributed by atoms with E-state index in [4.69, 9.17) is 0 Å². The molecule has 5 nitrogen and oxygen atoms in total. The zero-order valence-electron chi connectivity index (χ0n) is 13.9. The highest BCUT2D eigenvalue weighted by Crippen LogP contribution is 2.19. The van der Waals surface area contributed by atoms with Gasteiger partial charge in [-0.1, -0.05) is 0 Å². The molecule has 1 aliphatic heterocycles. The van der Waals surface area contributed by atoms with Crippen LogP contribution in [0.4, 0.5) is 10.1 Å². The maximum absolute atomic E-state index is 12.9. The standard InChI is InChI=1S/C18H23FN4O/c1-14-20-8-11-23(14)12-15-6-9-22(10-7-15)13-18(24)21-17-4-2-16(19)3-5-17/h2-5,8,11,15H,6-7,9-10,12-13H2,1H3,(H,21,24). The largest absolute Gasteiger partial charge is 0.335 e. The van der Waals surface area contributed by atoms with Gasteiger partial charge in [-0.3, -0.25) is 9.69 Å². The lowest BCUT2D eigenvalue weighted by atomic mass is 9.96. The molecule has 1 aromatic carbocycles. The fourth-order valence-electron chi connectivity index (χ4n) is 3.14. The van der Waals surface area contributed by atoms with Crippen LogP contribution in [-0.2, 0) is 11.3 Å². The Bertz CT molecular complexity index is 675. The number of likely N-dealkylation sites (tertiary alicyclic amines) is 1. The molecule has 128 valence electrons. The minimum Gasteiger partial charge on any atom is -0.335 e. The van der Waals surface area contributed by atoms with Crippen LogP contribution in [0.1, 0.15) is 18.7 Å². The number of nitrogens with one attached hydrogen (secondary N) is 1. The lowest BCUT2D eigenvalue weighted by Crippen LogP contribution is -2.40. The number of imidazole rings is 1. The first-order valence-corrected chi connectivity index (χ1v) is 8.35. The zero-order chi connectivity index (χ0) is 16.9. The van der Waals surface area contributed by atoms with Crippen molar-refractivity contribution < 1.29 is 9.18 Å². The van der Waals surface area contributed by atoms with E-state index in [1.807, 2.05) is 19.3 Å². The minimum absolute atomic E-state index is 0.0505. The van der Waals surface area contributed by atoms with Crippen LogP contribution in [0.2, 0.25) is 0 Å². The highest BCUT2D eigenvalue weighted by Gasteiger charge is 2.21. The molecule has 1 aliphatic rings. The molecule has 1 N–H and O–H groups in total. The van der Waals surface area contributed by atoms with Crippen LogP contribution in [0.3, 0.4) is 0 Å². The molecular formula is C18H23FN4O. The molecule has 1 saturated heterocycles. The molecule has 0 spiro atoms. The first kappa shape index (κ1) is 16.6. The summed E-state index contributed by atoms with van der Waals surface area (Å²) in [5, 5.41) is 2.81. The number of carbonyl (C=O) groups is 1. The third-order valence-corrected chi connectivity index (χ3v) is 4.58. The van der Waals surface area contributed by atoms with Gasteiger partial charge in [-0.15, -0.1) is 0 Å². The van der Waals surface area contributed by atoms with Gasteiger partial charge in [0.1, 0.15) is 11.6 Å². The summed E-state index contributed by atoms with van der Waals surface area (Å²) in [7, 11) is 0. The van der Waals surface area contributed by atoms with Gasteiger partial charge in [-0.05, 0) is 63.0 Å². The summed E-state index contributed by atoms with van der Waals surface area (Å²) in [5.74, 6) is 1.33. The van der Waals surface area contributed by atoms with Crippen LogP contribution < -0.4 is 5.32 Å². The number of carbonyl (C=O) groups excluding carboxylic acids is 1. The Balaban J connectivity index is 1.42. The molecule has 0 unspecified atom stereocenters. The van der Waals surface area contributed by atoms with Crippen LogP contribution in [0.5, 0.6) is 0 Å². The van der Waals surface area contributed by atoms with Crippen LogP contribution in [-0.4, -0.2) is 40.0 Å². The van der Waals surface area contributed by atoms with Gasteiger partial charge in [0.15, 0.2) is 0 Å². The predicted octanol–water partition coefficient (Wildman–Crippen LogP) is 2.68. The van der Waals surface area contributed by atoms with E-state index in [-0.39, 0.29) is 11.7 Å². The fraction of sp³-hybridized carbons (Fsp3) is 0.444. The van der Waals surface area contributed by atoms with Crippen LogP contribution >= 0.6 is 0 Å². The molecule has 2 heterocycles. The van der Waals surface area contributed by atoms with E-state index < -0.39 is 0 Å². The van der Waals surface area contributed by atoms with Crippen molar-refractivity contribution in [2.75, 3.05) is 25.0 Å². The lowest BCUT2D eigenvalue weighted by Gasteiger charge is -2.31. The molecule has 6 heteroatoms. The topological polar surface area (TPSA) is 50.2 Å². The normalized spacial score (nSPS) is 16.2. The summed E-state index contributed by atoms with van der Waals surface area (Å²) in [6.45, 7) is 5.26. The van der Waals surface area contributed by atoms with Gasteiger partial charge >= 0.3 is 0 Å².